The molecule has 0 saturated heterocycles. The monoisotopic (exact) mass is 481 g/mol. The van der Waals surface area contributed by atoms with Crippen LogP contribution in [0.2, 0.25) is 0 Å². The quantitative estimate of drug-likeness (QED) is 0.435. The van der Waals surface area contributed by atoms with Gasteiger partial charge in [0, 0.05) is 18.8 Å². The predicted octanol–water partition coefficient (Wildman–Crippen LogP) is 4.33. The van der Waals surface area contributed by atoms with E-state index in [0.29, 0.717) is 11.1 Å². The summed E-state index contributed by atoms with van der Waals surface area (Å²) in [6, 6.07) is 9.55. The molecule has 0 aliphatic carbocycles. The second-order valence-electron chi connectivity index (χ2n) is 8.16. The number of urea groups is 1. The number of aryl methyl sites for hydroxylation is 3. The molecular formula is C26H28FN3O5. The molecule has 9 heteroatoms. The molecule has 0 fully saturated rings. The highest BCUT2D eigenvalue weighted by Gasteiger charge is 2.23. The molecule has 0 radical (unpaired) electrons. The Labute approximate surface area is 202 Å². The lowest BCUT2D eigenvalue weighted by molar-refractivity contribution is -0.143. The molecule has 1 heterocycles. The van der Waals surface area contributed by atoms with E-state index in [1.54, 1.807) is 13.0 Å². The van der Waals surface area contributed by atoms with Crippen LogP contribution in [-0.2, 0) is 16.6 Å². The van der Waals surface area contributed by atoms with Gasteiger partial charge in [0.2, 0.25) is 0 Å². The molecule has 35 heavy (non-hydrogen) atoms. The standard InChI is InChI=1S/C26H28FN3O5/c1-5-35-22(32)14-20(28-26(34)29-24-21(31)11-12-30(4)25(24)33)17-9-10-19(27)18(13-17)23-15(2)7-6-8-16(23)3/h6-13,20,31H,5,14H2,1-4H3,(H2,28,29,34)/t20-/m0/s1. The lowest BCUT2D eigenvalue weighted by Crippen LogP contribution is -2.36. The number of benzene rings is 2. The summed E-state index contributed by atoms with van der Waals surface area (Å²) in [5.41, 5.74) is 2.37. The molecule has 2 amide bonds. The number of amides is 2. The normalized spacial score (nSPS) is 11.6. The van der Waals surface area contributed by atoms with Crippen molar-refractivity contribution >= 4 is 17.7 Å². The Hall–Kier alpha value is -4.14. The molecule has 3 aromatic rings. The van der Waals surface area contributed by atoms with Crippen LogP contribution in [0, 0.1) is 19.7 Å². The summed E-state index contributed by atoms with van der Waals surface area (Å²) in [6.45, 7) is 5.58. The van der Waals surface area contributed by atoms with Crippen molar-refractivity contribution in [2.75, 3.05) is 11.9 Å². The van der Waals surface area contributed by atoms with Crippen molar-refractivity contribution in [3.63, 3.8) is 0 Å². The van der Waals surface area contributed by atoms with E-state index in [-0.39, 0.29) is 18.7 Å². The van der Waals surface area contributed by atoms with Crippen molar-refractivity contribution in [1.29, 1.82) is 0 Å². The molecule has 3 rings (SSSR count). The first-order valence-electron chi connectivity index (χ1n) is 11.1. The molecule has 2 aromatic carbocycles. The number of nitrogens with zero attached hydrogens (tertiary/aromatic N) is 1. The van der Waals surface area contributed by atoms with E-state index < -0.39 is 35.2 Å². The third kappa shape index (κ3) is 5.87. The Bertz CT molecular complexity index is 1300. The van der Waals surface area contributed by atoms with Gasteiger partial charge in [-0.3, -0.25) is 9.59 Å². The summed E-state index contributed by atoms with van der Waals surface area (Å²) in [6.07, 6.45) is 1.13. The van der Waals surface area contributed by atoms with Crippen LogP contribution < -0.4 is 16.2 Å². The van der Waals surface area contributed by atoms with Crippen LogP contribution in [0.1, 0.15) is 36.1 Å². The Morgan fingerprint density at radius 2 is 1.83 bits per heavy atom. The third-order valence-corrected chi connectivity index (χ3v) is 5.61. The summed E-state index contributed by atoms with van der Waals surface area (Å²) in [5.74, 6) is -1.40. The van der Waals surface area contributed by atoms with Gasteiger partial charge in [0.25, 0.3) is 5.56 Å². The fourth-order valence-electron chi connectivity index (χ4n) is 3.87. The van der Waals surface area contributed by atoms with Crippen LogP contribution in [0.3, 0.4) is 0 Å². The van der Waals surface area contributed by atoms with Crippen molar-refractivity contribution in [2.24, 2.45) is 7.05 Å². The average molecular weight is 482 g/mol. The fourth-order valence-corrected chi connectivity index (χ4v) is 3.87. The maximum atomic E-state index is 14.9. The first-order chi connectivity index (χ1) is 16.6. The zero-order chi connectivity index (χ0) is 25.7. The molecule has 0 unspecified atom stereocenters. The van der Waals surface area contributed by atoms with Crippen molar-refractivity contribution < 1.29 is 23.8 Å². The van der Waals surface area contributed by atoms with Gasteiger partial charge in [-0.25, -0.2) is 9.18 Å². The number of hydrogen-bond acceptors (Lipinski definition) is 5. The Morgan fingerprint density at radius 3 is 2.49 bits per heavy atom. The van der Waals surface area contributed by atoms with Gasteiger partial charge in [0.1, 0.15) is 11.6 Å². The molecule has 0 spiro atoms. The number of anilines is 1. The van der Waals surface area contributed by atoms with Crippen molar-refractivity contribution in [3.8, 4) is 16.9 Å². The molecule has 0 aliphatic rings. The lowest BCUT2D eigenvalue weighted by atomic mass is 9.92. The van der Waals surface area contributed by atoms with Gasteiger partial charge in [-0.15, -0.1) is 0 Å². The van der Waals surface area contributed by atoms with E-state index in [4.69, 9.17) is 4.74 Å². The SMILES string of the molecule is CCOC(=O)C[C@H](NC(=O)Nc1c(O)ccn(C)c1=O)c1ccc(F)c(-c2c(C)cccc2C)c1. The van der Waals surface area contributed by atoms with Gasteiger partial charge in [0.05, 0.1) is 19.1 Å². The summed E-state index contributed by atoms with van der Waals surface area (Å²) < 4.78 is 21.1. The molecular weight excluding hydrogens is 453 g/mol. The minimum atomic E-state index is -0.896. The molecule has 184 valence electrons. The zero-order valence-electron chi connectivity index (χ0n) is 20.0. The van der Waals surface area contributed by atoms with Crippen LogP contribution in [0.5, 0.6) is 5.75 Å². The van der Waals surface area contributed by atoms with Gasteiger partial charge in [-0.1, -0.05) is 24.3 Å². The smallest absolute Gasteiger partial charge is 0.319 e. The molecule has 3 N–H and O–H groups in total. The number of pyridine rings is 1. The summed E-state index contributed by atoms with van der Waals surface area (Å²) in [7, 11) is 1.47. The van der Waals surface area contributed by atoms with E-state index in [1.807, 2.05) is 32.0 Å². The van der Waals surface area contributed by atoms with Crippen LogP contribution in [-0.4, -0.2) is 28.3 Å². The van der Waals surface area contributed by atoms with Gasteiger partial charge < -0.3 is 25.0 Å². The van der Waals surface area contributed by atoms with Crippen LogP contribution in [0.25, 0.3) is 11.1 Å². The fraction of sp³-hybridized carbons (Fsp3) is 0.269. The van der Waals surface area contributed by atoms with Crippen molar-refractivity contribution in [2.45, 2.75) is 33.2 Å². The highest BCUT2D eigenvalue weighted by molar-refractivity contribution is 5.91. The van der Waals surface area contributed by atoms with Crippen LogP contribution in [0.4, 0.5) is 14.9 Å². The molecule has 0 bridgehead atoms. The number of aromatic hydroxyl groups is 1. The number of ether oxygens (including phenoxy) is 1. The average Bonchev–Trinajstić information content (AvgIpc) is 2.80. The molecule has 1 aromatic heterocycles. The first kappa shape index (κ1) is 25.5. The highest BCUT2D eigenvalue weighted by Crippen LogP contribution is 2.32. The second kappa shape index (κ2) is 10.9. The van der Waals surface area contributed by atoms with Crippen LogP contribution >= 0.6 is 0 Å². The molecule has 8 nitrogen and oxygen atoms in total. The predicted molar refractivity (Wildman–Crippen MR) is 131 cm³/mol. The molecule has 1 atom stereocenters. The number of carbonyl (C=O) groups excluding carboxylic acids is 2. The van der Waals surface area contributed by atoms with E-state index >= 15 is 0 Å². The van der Waals surface area contributed by atoms with E-state index in [9.17, 15) is 23.9 Å². The number of esters is 1. The summed E-state index contributed by atoms with van der Waals surface area (Å²) in [4.78, 5) is 37.4. The largest absolute Gasteiger partial charge is 0.505 e. The van der Waals surface area contributed by atoms with Gasteiger partial charge in [-0.05, 0) is 61.2 Å². The number of carbonyl (C=O) groups is 2. The minimum absolute atomic E-state index is 0.156. The number of halogens is 1. The van der Waals surface area contributed by atoms with Gasteiger partial charge in [-0.2, -0.15) is 0 Å². The van der Waals surface area contributed by atoms with E-state index in [1.165, 1.54) is 36.0 Å². The van der Waals surface area contributed by atoms with Crippen molar-refractivity contribution in [1.82, 2.24) is 9.88 Å². The van der Waals surface area contributed by atoms with Gasteiger partial charge in [0.15, 0.2) is 5.69 Å². The Morgan fingerprint density at radius 1 is 1.14 bits per heavy atom. The van der Waals surface area contributed by atoms with Gasteiger partial charge >= 0.3 is 12.0 Å². The summed E-state index contributed by atoms with van der Waals surface area (Å²) >= 11 is 0. The lowest BCUT2D eigenvalue weighted by Gasteiger charge is -2.21. The Kier molecular flexibility index (Phi) is 7.91. The highest BCUT2D eigenvalue weighted by atomic mass is 19.1. The van der Waals surface area contributed by atoms with E-state index in [2.05, 4.69) is 10.6 Å². The number of hydrogen-bond donors (Lipinski definition) is 3. The van der Waals surface area contributed by atoms with E-state index in [0.717, 1.165) is 16.7 Å². The minimum Gasteiger partial charge on any atom is -0.505 e. The first-order valence-corrected chi connectivity index (χ1v) is 11.1. The zero-order valence-corrected chi connectivity index (χ0v) is 20.0. The van der Waals surface area contributed by atoms with Crippen molar-refractivity contribution in [3.05, 3.63) is 81.5 Å². The molecule has 0 aliphatic heterocycles. The topological polar surface area (TPSA) is 110 Å². The maximum absolute atomic E-state index is 14.9. The maximum Gasteiger partial charge on any atom is 0.319 e. The summed E-state index contributed by atoms with van der Waals surface area (Å²) in [5, 5.41) is 15.0. The molecule has 0 saturated carbocycles. The number of aromatic nitrogens is 1. The third-order valence-electron chi connectivity index (χ3n) is 5.61. The van der Waals surface area contributed by atoms with Crippen LogP contribution in [0.15, 0.2) is 53.5 Å². The second-order valence-corrected chi connectivity index (χ2v) is 8.16. The Balaban J connectivity index is 1.97. The number of rotatable bonds is 7. The number of nitrogens with one attached hydrogen (secondary N) is 2.